The van der Waals surface area contributed by atoms with Crippen molar-refractivity contribution in [1.82, 2.24) is 9.80 Å². The molecular formula is C18H22N2O3S. The molecule has 5 nitrogen and oxygen atoms in total. The van der Waals surface area contributed by atoms with Gasteiger partial charge in [-0.25, -0.2) is 0 Å². The number of carbonyl (C=O) groups excluding carboxylic acids is 3. The van der Waals surface area contributed by atoms with Gasteiger partial charge in [-0.2, -0.15) is 0 Å². The van der Waals surface area contributed by atoms with Crippen molar-refractivity contribution in [2.24, 2.45) is 5.92 Å². The van der Waals surface area contributed by atoms with Gasteiger partial charge in [0.2, 0.25) is 5.91 Å². The Kier molecular flexibility index (Phi) is 3.95. The molecule has 3 heterocycles. The lowest BCUT2D eigenvalue weighted by Crippen LogP contribution is -2.57. The van der Waals surface area contributed by atoms with Crippen LogP contribution in [0.1, 0.15) is 59.1 Å². The highest BCUT2D eigenvalue weighted by Gasteiger charge is 2.45. The van der Waals surface area contributed by atoms with Gasteiger partial charge in [-0.05, 0) is 44.6 Å². The molecule has 4 rings (SSSR count). The van der Waals surface area contributed by atoms with E-state index in [0.717, 1.165) is 32.2 Å². The molecule has 2 saturated heterocycles. The van der Waals surface area contributed by atoms with Crippen molar-refractivity contribution in [3.8, 4) is 0 Å². The van der Waals surface area contributed by atoms with Crippen LogP contribution in [0.25, 0.3) is 0 Å². The summed E-state index contributed by atoms with van der Waals surface area (Å²) in [7, 11) is 0. The first-order valence-corrected chi connectivity index (χ1v) is 9.62. The molecule has 1 saturated carbocycles. The van der Waals surface area contributed by atoms with E-state index in [1.165, 1.54) is 18.3 Å². The van der Waals surface area contributed by atoms with Crippen LogP contribution < -0.4 is 0 Å². The monoisotopic (exact) mass is 346 g/mol. The topological polar surface area (TPSA) is 57.7 Å². The number of hydrogen-bond acceptors (Lipinski definition) is 4. The molecule has 0 spiro atoms. The Bertz CT molecular complexity index is 694. The zero-order valence-electron chi connectivity index (χ0n) is 13.9. The molecule has 1 aliphatic carbocycles. The molecule has 6 heteroatoms. The van der Waals surface area contributed by atoms with E-state index in [-0.39, 0.29) is 11.7 Å². The van der Waals surface area contributed by atoms with Crippen molar-refractivity contribution in [3.63, 3.8) is 0 Å². The second-order valence-electron chi connectivity index (χ2n) is 7.19. The fourth-order valence-electron chi connectivity index (χ4n) is 4.09. The number of likely N-dealkylation sites (tertiary alicyclic amines) is 2. The number of rotatable bonds is 3. The summed E-state index contributed by atoms with van der Waals surface area (Å²) in [4.78, 5) is 41.1. The van der Waals surface area contributed by atoms with Gasteiger partial charge in [-0.3, -0.25) is 14.4 Å². The van der Waals surface area contributed by atoms with Gasteiger partial charge in [0.1, 0.15) is 0 Å². The third kappa shape index (κ3) is 2.77. The van der Waals surface area contributed by atoms with E-state index < -0.39 is 0 Å². The third-order valence-corrected chi connectivity index (χ3v) is 6.43. The van der Waals surface area contributed by atoms with E-state index in [1.54, 1.807) is 11.4 Å². The minimum Gasteiger partial charge on any atom is -0.338 e. The molecule has 2 aliphatic heterocycles. The SMILES string of the molecule is CC(=O)c1csc(C(=O)N2CC[C@@H]3[C@H](CCC(=O)N3C3CC3)C2)c1. The Morgan fingerprint density at radius 1 is 1.21 bits per heavy atom. The second-order valence-corrected chi connectivity index (χ2v) is 8.11. The average molecular weight is 346 g/mol. The average Bonchev–Trinajstić information content (AvgIpc) is 3.28. The Hall–Kier alpha value is -1.69. The smallest absolute Gasteiger partial charge is 0.263 e. The quantitative estimate of drug-likeness (QED) is 0.791. The lowest BCUT2D eigenvalue weighted by molar-refractivity contribution is -0.141. The van der Waals surface area contributed by atoms with Crippen molar-refractivity contribution in [3.05, 3.63) is 21.9 Å². The van der Waals surface area contributed by atoms with Crippen LogP contribution >= 0.6 is 11.3 Å². The predicted molar refractivity (Wildman–Crippen MR) is 91.2 cm³/mol. The van der Waals surface area contributed by atoms with Crippen molar-refractivity contribution in [2.75, 3.05) is 13.1 Å². The Morgan fingerprint density at radius 3 is 2.67 bits per heavy atom. The molecule has 0 N–H and O–H groups in total. The summed E-state index contributed by atoms with van der Waals surface area (Å²) in [5.41, 5.74) is 0.612. The van der Waals surface area contributed by atoms with Crippen LogP contribution in [0, 0.1) is 5.92 Å². The zero-order chi connectivity index (χ0) is 16.8. The fourth-order valence-corrected chi connectivity index (χ4v) is 5.01. The summed E-state index contributed by atoms with van der Waals surface area (Å²) in [6.07, 6.45) is 4.66. The van der Waals surface area contributed by atoms with Crippen molar-refractivity contribution < 1.29 is 14.4 Å². The summed E-state index contributed by atoms with van der Waals surface area (Å²) in [5.74, 6) is 0.729. The maximum atomic E-state index is 12.7. The molecule has 1 aromatic rings. The molecule has 2 atom stereocenters. The maximum Gasteiger partial charge on any atom is 0.263 e. The predicted octanol–water partition coefficient (Wildman–Crippen LogP) is 2.57. The molecule has 0 aromatic carbocycles. The van der Waals surface area contributed by atoms with Gasteiger partial charge in [-0.15, -0.1) is 11.3 Å². The van der Waals surface area contributed by atoms with E-state index in [4.69, 9.17) is 0 Å². The van der Waals surface area contributed by atoms with Crippen LogP contribution in [0.4, 0.5) is 0 Å². The standard InChI is InChI=1S/C18H22N2O3S/c1-11(21)13-8-16(24-10-13)18(23)19-7-6-15-12(9-19)2-5-17(22)20(15)14-3-4-14/h8,10,12,14-15H,2-7,9H2,1H3/t12-,15-/m1/s1. The minimum absolute atomic E-state index is 0.00474. The van der Waals surface area contributed by atoms with Crippen LogP contribution in [-0.4, -0.2) is 52.6 Å². The highest BCUT2D eigenvalue weighted by atomic mass is 32.1. The number of nitrogens with zero attached hydrogens (tertiary/aromatic N) is 2. The summed E-state index contributed by atoms with van der Waals surface area (Å²) < 4.78 is 0. The van der Waals surface area contributed by atoms with Crippen LogP contribution in [0.5, 0.6) is 0 Å². The van der Waals surface area contributed by atoms with Crippen molar-refractivity contribution in [2.45, 2.75) is 51.1 Å². The highest BCUT2D eigenvalue weighted by molar-refractivity contribution is 7.12. The lowest BCUT2D eigenvalue weighted by Gasteiger charge is -2.47. The number of piperidine rings is 2. The first-order valence-electron chi connectivity index (χ1n) is 8.74. The van der Waals surface area contributed by atoms with E-state index in [2.05, 4.69) is 4.90 Å². The van der Waals surface area contributed by atoms with Gasteiger partial charge in [0.15, 0.2) is 5.78 Å². The van der Waals surface area contributed by atoms with Gasteiger partial charge in [0.25, 0.3) is 5.91 Å². The summed E-state index contributed by atoms with van der Waals surface area (Å²) in [5, 5.41) is 1.76. The molecular weight excluding hydrogens is 324 g/mol. The minimum atomic E-state index is -0.00474. The van der Waals surface area contributed by atoms with E-state index in [9.17, 15) is 14.4 Å². The number of ketones is 1. The molecule has 2 amide bonds. The third-order valence-electron chi connectivity index (χ3n) is 5.51. The molecule has 0 unspecified atom stereocenters. The normalized spacial score (nSPS) is 27.1. The van der Waals surface area contributed by atoms with E-state index >= 15 is 0 Å². The number of carbonyl (C=O) groups is 3. The molecule has 1 aromatic heterocycles. The van der Waals surface area contributed by atoms with Crippen LogP contribution in [0.3, 0.4) is 0 Å². The van der Waals surface area contributed by atoms with Gasteiger partial charge in [0, 0.05) is 42.5 Å². The van der Waals surface area contributed by atoms with Gasteiger partial charge >= 0.3 is 0 Å². The first kappa shape index (κ1) is 15.8. The highest BCUT2D eigenvalue weighted by Crippen LogP contribution is 2.39. The molecule has 128 valence electrons. The van der Waals surface area contributed by atoms with Crippen LogP contribution in [0.2, 0.25) is 0 Å². The lowest BCUT2D eigenvalue weighted by atomic mass is 9.83. The summed E-state index contributed by atoms with van der Waals surface area (Å²) >= 11 is 1.35. The summed E-state index contributed by atoms with van der Waals surface area (Å²) in [6.45, 7) is 2.95. The van der Waals surface area contributed by atoms with E-state index in [0.29, 0.717) is 47.3 Å². The number of Topliss-reactive ketones (excluding diaryl/α,β-unsaturated/α-hetero) is 1. The molecule has 0 bridgehead atoms. The van der Waals surface area contributed by atoms with Crippen LogP contribution in [-0.2, 0) is 4.79 Å². The second kappa shape index (κ2) is 5.99. The van der Waals surface area contributed by atoms with Gasteiger partial charge in [-0.1, -0.05) is 0 Å². The molecule has 24 heavy (non-hydrogen) atoms. The molecule has 3 aliphatic rings. The number of amides is 2. The number of thiophene rings is 1. The van der Waals surface area contributed by atoms with E-state index in [1.807, 2.05) is 4.90 Å². The maximum absolute atomic E-state index is 12.7. The van der Waals surface area contributed by atoms with Gasteiger partial charge in [0.05, 0.1) is 4.88 Å². The Labute approximate surface area is 145 Å². The molecule has 3 fully saturated rings. The fraction of sp³-hybridized carbons (Fsp3) is 0.611. The first-order chi connectivity index (χ1) is 11.5. The number of hydrogen-bond donors (Lipinski definition) is 0. The zero-order valence-corrected chi connectivity index (χ0v) is 14.7. The largest absolute Gasteiger partial charge is 0.338 e. The number of fused-ring (bicyclic) bond motifs is 1. The Balaban J connectivity index is 1.46. The molecule has 0 radical (unpaired) electrons. The summed E-state index contributed by atoms with van der Waals surface area (Å²) in [6, 6.07) is 2.49. The van der Waals surface area contributed by atoms with Crippen molar-refractivity contribution in [1.29, 1.82) is 0 Å². The van der Waals surface area contributed by atoms with Gasteiger partial charge < -0.3 is 9.80 Å². The Morgan fingerprint density at radius 2 is 2.00 bits per heavy atom. The van der Waals surface area contributed by atoms with Crippen LogP contribution in [0.15, 0.2) is 11.4 Å². The van der Waals surface area contributed by atoms with Crippen molar-refractivity contribution >= 4 is 28.9 Å².